The van der Waals surface area contributed by atoms with Crippen molar-refractivity contribution < 1.29 is 14.7 Å². The number of nitrogens with one attached hydrogen (secondary N) is 1. The molecular weight excluding hydrogens is 290 g/mol. The molecule has 114 valence electrons. The molecule has 0 saturated heterocycles. The molecule has 2 N–H and O–H groups in total. The van der Waals surface area contributed by atoms with Gasteiger partial charge in [0.15, 0.2) is 0 Å². The summed E-state index contributed by atoms with van der Waals surface area (Å²) in [5.74, 6) is -1.89. The van der Waals surface area contributed by atoms with Crippen LogP contribution < -0.4 is 5.32 Å². The second kappa shape index (κ2) is 6.48. The number of benzene rings is 1. The van der Waals surface area contributed by atoms with E-state index in [4.69, 9.17) is 16.7 Å². The van der Waals surface area contributed by atoms with Crippen LogP contribution in [0.5, 0.6) is 0 Å². The fourth-order valence-corrected chi connectivity index (χ4v) is 2.95. The lowest BCUT2D eigenvalue weighted by atomic mass is 9.73. The fourth-order valence-electron chi connectivity index (χ4n) is 2.70. The van der Waals surface area contributed by atoms with Gasteiger partial charge in [0.2, 0.25) is 5.91 Å². The first-order chi connectivity index (χ1) is 9.91. The van der Waals surface area contributed by atoms with Gasteiger partial charge < -0.3 is 10.4 Å². The maximum Gasteiger partial charge on any atom is 0.307 e. The third-order valence-corrected chi connectivity index (χ3v) is 4.48. The van der Waals surface area contributed by atoms with E-state index in [0.717, 1.165) is 5.56 Å². The highest BCUT2D eigenvalue weighted by atomic mass is 35.5. The number of rotatable bonds is 5. The van der Waals surface area contributed by atoms with Crippen molar-refractivity contribution in [3.63, 3.8) is 0 Å². The summed E-state index contributed by atoms with van der Waals surface area (Å²) in [6.07, 6.45) is 1.21. The number of hydrogen-bond acceptors (Lipinski definition) is 2. The average Bonchev–Trinajstić information content (AvgIpc) is 2.34. The SMILES string of the molecule is CC(C)C(NC(=O)C1CCC1C(=O)O)c1ccccc1Cl. The lowest BCUT2D eigenvalue weighted by molar-refractivity contribution is -0.153. The van der Waals surface area contributed by atoms with E-state index in [1.165, 1.54) is 0 Å². The van der Waals surface area contributed by atoms with Gasteiger partial charge in [-0.05, 0) is 30.4 Å². The number of amides is 1. The average molecular weight is 310 g/mol. The molecule has 1 aliphatic rings. The molecule has 0 radical (unpaired) electrons. The Hall–Kier alpha value is -1.55. The first-order valence-electron chi connectivity index (χ1n) is 7.19. The molecular formula is C16H20ClNO3. The van der Waals surface area contributed by atoms with Crippen LogP contribution in [0.25, 0.3) is 0 Å². The summed E-state index contributed by atoms with van der Waals surface area (Å²) in [5, 5.41) is 12.6. The van der Waals surface area contributed by atoms with Crippen molar-refractivity contribution in [1.82, 2.24) is 5.32 Å². The number of carboxylic acids is 1. The minimum absolute atomic E-state index is 0.164. The quantitative estimate of drug-likeness (QED) is 0.877. The van der Waals surface area contributed by atoms with Gasteiger partial charge in [0.05, 0.1) is 17.9 Å². The Morgan fingerprint density at radius 3 is 2.33 bits per heavy atom. The van der Waals surface area contributed by atoms with Crippen LogP contribution in [-0.2, 0) is 9.59 Å². The van der Waals surface area contributed by atoms with Gasteiger partial charge in [0.25, 0.3) is 0 Å². The third kappa shape index (κ3) is 3.38. The number of carbonyl (C=O) groups excluding carboxylic acids is 1. The minimum atomic E-state index is -0.889. The molecule has 0 spiro atoms. The van der Waals surface area contributed by atoms with Crippen LogP contribution in [-0.4, -0.2) is 17.0 Å². The van der Waals surface area contributed by atoms with E-state index in [0.29, 0.717) is 17.9 Å². The molecule has 1 fully saturated rings. The number of hydrogen-bond donors (Lipinski definition) is 2. The molecule has 0 heterocycles. The van der Waals surface area contributed by atoms with Crippen LogP contribution in [0.3, 0.4) is 0 Å². The van der Waals surface area contributed by atoms with Crippen molar-refractivity contribution in [3.8, 4) is 0 Å². The Bertz CT molecular complexity index is 544. The molecule has 0 bridgehead atoms. The molecule has 1 aromatic carbocycles. The van der Waals surface area contributed by atoms with E-state index in [9.17, 15) is 9.59 Å². The second-order valence-electron chi connectivity index (χ2n) is 5.88. The van der Waals surface area contributed by atoms with Gasteiger partial charge in [-0.25, -0.2) is 0 Å². The highest BCUT2D eigenvalue weighted by Crippen LogP contribution is 2.36. The van der Waals surface area contributed by atoms with Gasteiger partial charge >= 0.3 is 5.97 Å². The first-order valence-corrected chi connectivity index (χ1v) is 7.57. The Labute approximate surface area is 129 Å². The summed E-state index contributed by atoms with van der Waals surface area (Å²) in [7, 11) is 0. The highest BCUT2D eigenvalue weighted by Gasteiger charge is 2.42. The van der Waals surface area contributed by atoms with Gasteiger partial charge in [-0.3, -0.25) is 9.59 Å². The van der Waals surface area contributed by atoms with Gasteiger partial charge in [0, 0.05) is 5.02 Å². The summed E-state index contributed by atoms with van der Waals surface area (Å²) >= 11 is 6.21. The Morgan fingerprint density at radius 1 is 1.24 bits per heavy atom. The Morgan fingerprint density at radius 2 is 1.86 bits per heavy atom. The predicted molar refractivity (Wildman–Crippen MR) is 81.0 cm³/mol. The van der Waals surface area contributed by atoms with Gasteiger partial charge in [-0.2, -0.15) is 0 Å². The molecule has 1 aromatic rings. The standard InChI is InChI=1S/C16H20ClNO3/c1-9(2)14(12-5-3-4-6-13(12)17)18-15(19)10-7-8-11(10)16(20)21/h3-6,9-11,14H,7-8H2,1-2H3,(H,18,19)(H,20,21). The molecule has 3 unspecified atom stereocenters. The molecule has 5 heteroatoms. The molecule has 21 heavy (non-hydrogen) atoms. The zero-order valence-electron chi connectivity index (χ0n) is 12.2. The highest BCUT2D eigenvalue weighted by molar-refractivity contribution is 6.31. The molecule has 0 aliphatic heterocycles. The number of carbonyl (C=O) groups is 2. The smallest absolute Gasteiger partial charge is 0.307 e. The Kier molecular flexibility index (Phi) is 4.88. The van der Waals surface area contributed by atoms with Crippen molar-refractivity contribution in [2.24, 2.45) is 17.8 Å². The minimum Gasteiger partial charge on any atom is -0.481 e. The molecule has 1 aliphatic carbocycles. The van der Waals surface area contributed by atoms with Gasteiger partial charge in [0.1, 0.15) is 0 Å². The second-order valence-corrected chi connectivity index (χ2v) is 6.29. The molecule has 1 amide bonds. The fraction of sp³-hybridized carbons (Fsp3) is 0.500. The number of aliphatic carboxylic acids is 1. The molecule has 1 saturated carbocycles. The number of halogens is 1. The maximum atomic E-state index is 12.3. The maximum absolute atomic E-state index is 12.3. The lowest BCUT2D eigenvalue weighted by Crippen LogP contribution is -2.45. The third-order valence-electron chi connectivity index (χ3n) is 4.13. The van der Waals surface area contributed by atoms with Crippen molar-refractivity contribution in [3.05, 3.63) is 34.9 Å². The lowest BCUT2D eigenvalue weighted by Gasteiger charge is -2.34. The van der Waals surface area contributed by atoms with E-state index in [-0.39, 0.29) is 17.9 Å². The van der Waals surface area contributed by atoms with Gasteiger partial charge in [-0.1, -0.05) is 43.6 Å². The van der Waals surface area contributed by atoms with E-state index in [1.807, 2.05) is 32.0 Å². The van der Waals surface area contributed by atoms with Gasteiger partial charge in [-0.15, -0.1) is 0 Å². The number of carboxylic acid groups (broad SMARTS) is 1. The van der Waals surface area contributed by atoms with Crippen molar-refractivity contribution in [2.75, 3.05) is 0 Å². The molecule has 2 rings (SSSR count). The van der Waals surface area contributed by atoms with Crippen LogP contribution in [0.4, 0.5) is 0 Å². The summed E-state index contributed by atoms with van der Waals surface area (Å²) in [6, 6.07) is 7.20. The predicted octanol–water partition coefficient (Wildman–Crippen LogP) is 3.26. The van der Waals surface area contributed by atoms with Crippen molar-refractivity contribution in [2.45, 2.75) is 32.7 Å². The molecule has 3 atom stereocenters. The van der Waals surface area contributed by atoms with E-state index < -0.39 is 17.8 Å². The van der Waals surface area contributed by atoms with Crippen molar-refractivity contribution >= 4 is 23.5 Å². The topological polar surface area (TPSA) is 66.4 Å². The van der Waals surface area contributed by atoms with Crippen LogP contribution in [0, 0.1) is 17.8 Å². The van der Waals surface area contributed by atoms with Crippen molar-refractivity contribution in [1.29, 1.82) is 0 Å². The van der Waals surface area contributed by atoms with Crippen LogP contribution in [0.15, 0.2) is 24.3 Å². The van der Waals surface area contributed by atoms with E-state index in [1.54, 1.807) is 6.07 Å². The zero-order chi connectivity index (χ0) is 15.6. The molecule has 0 aromatic heterocycles. The first kappa shape index (κ1) is 15.8. The van der Waals surface area contributed by atoms with Crippen LogP contribution in [0.2, 0.25) is 5.02 Å². The van der Waals surface area contributed by atoms with Crippen LogP contribution >= 0.6 is 11.6 Å². The summed E-state index contributed by atoms with van der Waals surface area (Å²) in [5.41, 5.74) is 0.869. The van der Waals surface area contributed by atoms with E-state index in [2.05, 4.69) is 5.32 Å². The van der Waals surface area contributed by atoms with Crippen LogP contribution in [0.1, 0.15) is 38.3 Å². The summed E-state index contributed by atoms with van der Waals surface area (Å²) < 4.78 is 0. The molecule has 4 nitrogen and oxygen atoms in total. The Balaban J connectivity index is 2.13. The zero-order valence-corrected chi connectivity index (χ0v) is 12.9. The largest absolute Gasteiger partial charge is 0.481 e. The van der Waals surface area contributed by atoms with E-state index >= 15 is 0 Å². The summed E-state index contributed by atoms with van der Waals surface area (Å²) in [4.78, 5) is 23.4. The monoisotopic (exact) mass is 309 g/mol. The normalized spacial score (nSPS) is 22.5. The summed E-state index contributed by atoms with van der Waals surface area (Å²) in [6.45, 7) is 4.01.